The highest BCUT2D eigenvalue weighted by atomic mass is 35.5. The molecular weight excluding hydrogens is 364 g/mol. The second-order valence-corrected chi connectivity index (χ2v) is 7.17. The molecule has 0 aliphatic carbocycles. The van der Waals surface area contributed by atoms with Gasteiger partial charge in [-0.3, -0.25) is 9.98 Å². The van der Waals surface area contributed by atoms with Crippen LogP contribution in [0.25, 0.3) is 11.3 Å². The number of halogens is 1. The van der Waals surface area contributed by atoms with Crippen molar-refractivity contribution in [2.75, 3.05) is 6.54 Å². The lowest BCUT2D eigenvalue weighted by molar-refractivity contribution is 0.829. The van der Waals surface area contributed by atoms with Gasteiger partial charge in [0.15, 0.2) is 0 Å². The van der Waals surface area contributed by atoms with Gasteiger partial charge < -0.3 is 0 Å². The summed E-state index contributed by atoms with van der Waals surface area (Å²) < 4.78 is 1.86. The predicted octanol–water partition coefficient (Wildman–Crippen LogP) is 5.01. The van der Waals surface area contributed by atoms with Gasteiger partial charge >= 0.3 is 0 Å². The molecule has 2 aromatic heterocycles. The van der Waals surface area contributed by atoms with E-state index in [4.69, 9.17) is 16.7 Å². The van der Waals surface area contributed by atoms with Gasteiger partial charge in [0.25, 0.3) is 0 Å². The molecule has 3 aromatic rings. The normalized spacial score (nSPS) is 12.4. The average Bonchev–Trinajstić information content (AvgIpc) is 3.04. The van der Waals surface area contributed by atoms with Gasteiger partial charge in [-0.2, -0.15) is 5.10 Å². The van der Waals surface area contributed by atoms with E-state index in [0.29, 0.717) is 11.6 Å². The van der Waals surface area contributed by atoms with E-state index in [2.05, 4.69) is 21.9 Å². The molecule has 4 nitrogen and oxygen atoms in total. The van der Waals surface area contributed by atoms with Gasteiger partial charge in [0.05, 0.1) is 23.6 Å². The SMILES string of the molecule is C=C(C)CN=c1scc(-c2ccc(Cl)cc2)n1N=C(C)c1ccccn1. The fourth-order valence-corrected chi connectivity index (χ4v) is 3.26. The highest BCUT2D eigenvalue weighted by Crippen LogP contribution is 2.22. The van der Waals surface area contributed by atoms with Crippen molar-refractivity contribution in [2.45, 2.75) is 13.8 Å². The summed E-state index contributed by atoms with van der Waals surface area (Å²) in [5.41, 5.74) is 4.64. The Balaban J connectivity index is 2.13. The van der Waals surface area contributed by atoms with Crippen LogP contribution in [-0.2, 0) is 0 Å². The first-order chi connectivity index (χ1) is 12.5. The molecule has 0 spiro atoms. The average molecular weight is 383 g/mol. The molecule has 0 radical (unpaired) electrons. The Kier molecular flexibility index (Phi) is 5.81. The molecule has 0 unspecified atom stereocenters. The van der Waals surface area contributed by atoms with Gasteiger partial charge in [-0.1, -0.05) is 42.0 Å². The van der Waals surface area contributed by atoms with Crippen LogP contribution >= 0.6 is 22.9 Å². The molecular formula is C20H19ClN4S. The maximum absolute atomic E-state index is 6.02. The number of nitrogens with zero attached hydrogens (tertiary/aromatic N) is 4. The maximum Gasteiger partial charge on any atom is 0.206 e. The number of rotatable bonds is 5. The molecule has 1 aromatic carbocycles. The zero-order chi connectivity index (χ0) is 18.5. The van der Waals surface area contributed by atoms with Crippen molar-refractivity contribution >= 4 is 28.6 Å². The van der Waals surface area contributed by atoms with Crippen LogP contribution < -0.4 is 4.80 Å². The Bertz CT molecular complexity index is 998. The van der Waals surface area contributed by atoms with Gasteiger partial charge in [0, 0.05) is 22.2 Å². The predicted molar refractivity (Wildman–Crippen MR) is 110 cm³/mol. The molecule has 132 valence electrons. The molecule has 26 heavy (non-hydrogen) atoms. The van der Waals surface area contributed by atoms with Gasteiger partial charge in [0.2, 0.25) is 4.80 Å². The minimum atomic E-state index is 0.568. The summed E-state index contributed by atoms with van der Waals surface area (Å²) in [5, 5.41) is 7.55. The molecule has 0 fully saturated rings. The number of pyridine rings is 1. The van der Waals surface area contributed by atoms with E-state index in [1.165, 1.54) is 0 Å². The minimum Gasteiger partial charge on any atom is -0.255 e. The highest BCUT2D eigenvalue weighted by Gasteiger charge is 2.09. The Labute approximate surface area is 161 Å². The standard InChI is InChI=1S/C20H19ClN4S/c1-14(2)12-23-20-25(24-15(3)18-6-4-5-11-22-18)19(13-26-20)16-7-9-17(21)10-8-16/h4-11,13H,1,12H2,2-3H3. The Hall–Kier alpha value is -2.50. The van der Waals surface area contributed by atoms with Gasteiger partial charge in [-0.05, 0) is 38.1 Å². The Morgan fingerprint density at radius 3 is 2.62 bits per heavy atom. The lowest BCUT2D eigenvalue weighted by Crippen LogP contribution is -2.15. The molecule has 2 heterocycles. The van der Waals surface area contributed by atoms with Crippen molar-refractivity contribution in [2.24, 2.45) is 10.1 Å². The molecule has 0 saturated heterocycles. The summed E-state index contributed by atoms with van der Waals surface area (Å²) in [6.07, 6.45) is 1.76. The van der Waals surface area contributed by atoms with Crippen LogP contribution in [0.15, 0.2) is 76.3 Å². The number of thiazole rings is 1. The van der Waals surface area contributed by atoms with Crippen molar-refractivity contribution in [1.82, 2.24) is 9.66 Å². The highest BCUT2D eigenvalue weighted by molar-refractivity contribution is 7.07. The van der Waals surface area contributed by atoms with Crippen molar-refractivity contribution in [3.8, 4) is 11.3 Å². The van der Waals surface area contributed by atoms with E-state index in [1.54, 1.807) is 17.5 Å². The first-order valence-electron chi connectivity index (χ1n) is 8.13. The van der Waals surface area contributed by atoms with Gasteiger partial charge in [-0.15, -0.1) is 11.3 Å². The third kappa shape index (κ3) is 4.36. The molecule has 0 amide bonds. The van der Waals surface area contributed by atoms with Crippen LogP contribution in [0.4, 0.5) is 0 Å². The number of hydrogen-bond acceptors (Lipinski definition) is 4. The Morgan fingerprint density at radius 2 is 1.96 bits per heavy atom. The third-order valence-corrected chi connectivity index (χ3v) is 4.70. The van der Waals surface area contributed by atoms with Crippen LogP contribution in [0.2, 0.25) is 5.02 Å². The summed E-state index contributed by atoms with van der Waals surface area (Å²) in [5.74, 6) is 0. The van der Waals surface area contributed by atoms with Crippen molar-refractivity contribution in [1.29, 1.82) is 0 Å². The molecule has 6 heteroatoms. The van der Waals surface area contributed by atoms with Crippen molar-refractivity contribution in [3.63, 3.8) is 0 Å². The number of aromatic nitrogens is 2. The van der Waals surface area contributed by atoms with E-state index < -0.39 is 0 Å². The lowest BCUT2D eigenvalue weighted by atomic mass is 10.2. The van der Waals surface area contributed by atoms with E-state index in [0.717, 1.165) is 33.0 Å². The van der Waals surface area contributed by atoms with Gasteiger partial charge in [0.1, 0.15) is 0 Å². The monoisotopic (exact) mass is 382 g/mol. The first kappa shape index (κ1) is 18.3. The summed E-state index contributed by atoms with van der Waals surface area (Å²) in [7, 11) is 0. The first-order valence-corrected chi connectivity index (χ1v) is 9.38. The quantitative estimate of drug-likeness (QED) is 0.451. The molecule has 0 bridgehead atoms. The van der Waals surface area contributed by atoms with E-state index in [9.17, 15) is 0 Å². The molecule has 0 atom stereocenters. The van der Waals surface area contributed by atoms with Crippen LogP contribution in [0, 0.1) is 0 Å². The smallest absolute Gasteiger partial charge is 0.206 e. The number of hydrogen-bond donors (Lipinski definition) is 0. The fraction of sp³-hybridized carbons (Fsp3) is 0.150. The lowest BCUT2D eigenvalue weighted by Gasteiger charge is -2.06. The second kappa shape index (κ2) is 8.25. The van der Waals surface area contributed by atoms with Crippen molar-refractivity contribution < 1.29 is 0 Å². The molecule has 3 rings (SSSR count). The number of benzene rings is 1. The molecule has 0 N–H and O–H groups in total. The maximum atomic E-state index is 6.02. The molecule has 0 aliphatic heterocycles. The van der Waals surface area contributed by atoms with Crippen LogP contribution in [0.1, 0.15) is 19.5 Å². The zero-order valence-electron chi connectivity index (χ0n) is 14.7. The zero-order valence-corrected chi connectivity index (χ0v) is 16.3. The minimum absolute atomic E-state index is 0.568. The topological polar surface area (TPSA) is 42.5 Å². The summed E-state index contributed by atoms with van der Waals surface area (Å²) in [6, 6.07) is 13.5. The molecule has 0 aliphatic rings. The third-order valence-electron chi connectivity index (χ3n) is 3.60. The van der Waals surface area contributed by atoms with Crippen LogP contribution in [0.5, 0.6) is 0 Å². The van der Waals surface area contributed by atoms with Crippen LogP contribution in [-0.4, -0.2) is 21.9 Å². The Morgan fingerprint density at radius 1 is 1.19 bits per heavy atom. The fourth-order valence-electron chi connectivity index (χ4n) is 2.30. The van der Waals surface area contributed by atoms with Crippen LogP contribution in [0.3, 0.4) is 0 Å². The summed E-state index contributed by atoms with van der Waals surface area (Å²) in [4.78, 5) is 9.83. The van der Waals surface area contributed by atoms with E-state index >= 15 is 0 Å². The summed E-state index contributed by atoms with van der Waals surface area (Å²) in [6.45, 7) is 8.40. The second-order valence-electron chi connectivity index (χ2n) is 5.90. The largest absolute Gasteiger partial charge is 0.255 e. The summed E-state index contributed by atoms with van der Waals surface area (Å²) >= 11 is 7.57. The molecule has 0 saturated carbocycles. The van der Waals surface area contributed by atoms with E-state index in [1.807, 2.05) is 61.0 Å². The van der Waals surface area contributed by atoms with Gasteiger partial charge in [-0.25, -0.2) is 4.68 Å². The van der Waals surface area contributed by atoms with E-state index in [-0.39, 0.29) is 0 Å². The van der Waals surface area contributed by atoms with Crippen molar-refractivity contribution in [3.05, 3.63) is 81.7 Å².